The Bertz CT molecular complexity index is 504. The summed E-state index contributed by atoms with van der Waals surface area (Å²) in [5.74, 6) is 0.499. The quantitative estimate of drug-likeness (QED) is 0.645. The third-order valence-corrected chi connectivity index (χ3v) is 5.46. The Morgan fingerprint density at radius 1 is 1.32 bits per heavy atom. The maximum absolute atomic E-state index is 13.6. The fourth-order valence-corrected chi connectivity index (χ4v) is 3.27. The number of nitrogens with one attached hydrogen (secondary N) is 2. The largest absolute Gasteiger partial charge is 0.381 e. The van der Waals surface area contributed by atoms with Crippen LogP contribution in [0.5, 0.6) is 0 Å². The van der Waals surface area contributed by atoms with E-state index in [1.54, 1.807) is 19.2 Å². The van der Waals surface area contributed by atoms with Gasteiger partial charge in [0.15, 0.2) is 5.96 Å². The molecule has 6 heteroatoms. The van der Waals surface area contributed by atoms with E-state index in [0.717, 1.165) is 32.6 Å². The third kappa shape index (κ3) is 4.61. The van der Waals surface area contributed by atoms with Gasteiger partial charge < -0.3 is 15.4 Å². The van der Waals surface area contributed by atoms with Crippen LogP contribution < -0.4 is 10.6 Å². The van der Waals surface area contributed by atoms with E-state index >= 15 is 0 Å². The molecule has 1 aliphatic rings. The molecule has 0 atom stereocenters. The number of thioether (sulfide) groups is 1. The fourth-order valence-electron chi connectivity index (χ4n) is 2.48. The molecule has 1 saturated heterocycles. The topological polar surface area (TPSA) is 45.7 Å². The van der Waals surface area contributed by atoms with E-state index < -0.39 is 0 Å². The number of nitrogens with zero attached hydrogens (tertiary/aromatic N) is 1. The van der Waals surface area contributed by atoms with Gasteiger partial charge in [-0.25, -0.2) is 4.39 Å². The summed E-state index contributed by atoms with van der Waals surface area (Å²) in [7, 11) is 1.73. The van der Waals surface area contributed by atoms with Gasteiger partial charge in [0.05, 0.1) is 0 Å². The van der Waals surface area contributed by atoms with Crippen molar-refractivity contribution in [2.75, 3.05) is 33.1 Å². The zero-order valence-corrected chi connectivity index (χ0v) is 14.0. The summed E-state index contributed by atoms with van der Waals surface area (Å²) < 4.78 is 19.3. The van der Waals surface area contributed by atoms with E-state index in [-0.39, 0.29) is 10.6 Å². The second-order valence-electron chi connectivity index (χ2n) is 5.37. The van der Waals surface area contributed by atoms with Crippen LogP contribution in [0.4, 0.5) is 4.39 Å². The first-order valence-corrected chi connectivity index (χ1v) is 8.72. The van der Waals surface area contributed by atoms with Gasteiger partial charge in [0, 0.05) is 43.7 Å². The van der Waals surface area contributed by atoms with Crippen LogP contribution in [0.2, 0.25) is 0 Å². The van der Waals surface area contributed by atoms with Crippen LogP contribution in [0, 0.1) is 5.82 Å². The van der Waals surface area contributed by atoms with Crippen LogP contribution >= 0.6 is 11.8 Å². The van der Waals surface area contributed by atoms with Crippen LogP contribution in [0.1, 0.15) is 18.4 Å². The number of ether oxygens (including phenoxy) is 1. The molecule has 0 spiro atoms. The smallest absolute Gasteiger partial charge is 0.191 e. The maximum Gasteiger partial charge on any atom is 0.191 e. The van der Waals surface area contributed by atoms with E-state index in [4.69, 9.17) is 4.74 Å². The number of hydrogen-bond acceptors (Lipinski definition) is 3. The molecule has 1 fully saturated rings. The van der Waals surface area contributed by atoms with Crippen molar-refractivity contribution in [2.45, 2.75) is 24.1 Å². The van der Waals surface area contributed by atoms with Crippen LogP contribution in [-0.2, 0) is 11.3 Å². The molecular weight excluding hydrogens is 301 g/mol. The molecule has 0 amide bonds. The highest BCUT2D eigenvalue weighted by molar-refractivity contribution is 8.00. The monoisotopic (exact) mass is 325 g/mol. The van der Waals surface area contributed by atoms with Crippen LogP contribution in [0.25, 0.3) is 0 Å². The molecule has 122 valence electrons. The van der Waals surface area contributed by atoms with E-state index in [1.165, 1.54) is 6.07 Å². The Hall–Kier alpha value is -1.27. The molecule has 0 bridgehead atoms. The summed E-state index contributed by atoms with van der Waals surface area (Å²) in [5.41, 5.74) is 0.635. The molecule has 0 aromatic heterocycles. The van der Waals surface area contributed by atoms with Gasteiger partial charge in [-0.2, -0.15) is 11.8 Å². The number of benzene rings is 1. The summed E-state index contributed by atoms with van der Waals surface area (Å²) in [4.78, 5) is 4.21. The lowest BCUT2D eigenvalue weighted by Crippen LogP contribution is -2.47. The molecule has 0 radical (unpaired) electrons. The second kappa shape index (κ2) is 8.39. The van der Waals surface area contributed by atoms with Crippen molar-refractivity contribution in [3.05, 3.63) is 35.6 Å². The zero-order valence-electron chi connectivity index (χ0n) is 13.2. The number of halogens is 1. The number of aliphatic imine (C=N–C) groups is 1. The predicted molar refractivity (Wildman–Crippen MR) is 90.9 cm³/mol. The van der Waals surface area contributed by atoms with E-state index in [9.17, 15) is 4.39 Å². The highest BCUT2D eigenvalue weighted by atomic mass is 32.2. The van der Waals surface area contributed by atoms with E-state index in [0.29, 0.717) is 18.1 Å². The molecule has 2 N–H and O–H groups in total. The van der Waals surface area contributed by atoms with Gasteiger partial charge in [-0.3, -0.25) is 4.99 Å². The van der Waals surface area contributed by atoms with Gasteiger partial charge in [-0.15, -0.1) is 0 Å². The average Bonchev–Trinajstić information content (AvgIpc) is 2.57. The molecule has 0 unspecified atom stereocenters. The Morgan fingerprint density at radius 2 is 2.05 bits per heavy atom. The minimum Gasteiger partial charge on any atom is -0.381 e. The first-order valence-electron chi connectivity index (χ1n) is 7.50. The molecular formula is C16H24FN3OS. The lowest BCUT2D eigenvalue weighted by molar-refractivity contribution is 0.0783. The van der Waals surface area contributed by atoms with Gasteiger partial charge in [0.25, 0.3) is 0 Å². The van der Waals surface area contributed by atoms with Gasteiger partial charge >= 0.3 is 0 Å². The molecule has 2 rings (SSSR count). The van der Waals surface area contributed by atoms with Crippen molar-refractivity contribution >= 4 is 17.7 Å². The Morgan fingerprint density at radius 3 is 2.68 bits per heavy atom. The zero-order chi connectivity index (χ0) is 15.8. The highest BCUT2D eigenvalue weighted by Crippen LogP contribution is 2.32. The molecule has 22 heavy (non-hydrogen) atoms. The van der Waals surface area contributed by atoms with Crippen LogP contribution in [0.15, 0.2) is 29.3 Å². The minimum absolute atomic E-state index is 0.188. The summed E-state index contributed by atoms with van der Waals surface area (Å²) in [6, 6.07) is 6.77. The molecule has 4 nitrogen and oxygen atoms in total. The number of guanidine groups is 1. The second-order valence-corrected chi connectivity index (χ2v) is 6.64. The van der Waals surface area contributed by atoms with Gasteiger partial charge in [0.2, 0.25) is 0 Å². The Labute approximate surface area is 135 Å². The first kappa shape index (κ1) is 17.1. The minimum atomic E-state index is -0.199. The number of hydrogen-bond donors (Lipinski definition) is 2. The lowest BCUT2D eigenvalue weighted by atomic mass is 9.99. The van der Waals surface area contributed by atoms with Crippen molar-refractivity contribution < 1.29 is 9.13 Å². The molecule has 1 aliphatic heterocycles. The lowest BCUT2D eigenvalue weighted by Gasteiger charge is -2.36. The van der Waals surface area contributed by atoms with Crippen molar-refractivity contribution in [2.24, 2.45) is 4.99 Å². The van der Waals surface area contributed by atoms with Crippen molar-refractivity contribution in [3.63, 3.8) is 0 Å². The highest BCUT2D eigenvalue weighted by Gasteiger charge is 2.31. The predicted octanol–water partition coefficient (Wildman–Crippen LogP) is 2.40. The molecule has 1 aromatic carbocycles. The Balaban J connectivity index is 1.86. The summed E-state index contributed by atoms with van der Waals surface area (Å²) in [6.07, 6.45) is 4.21. The van der Waals surface area contributed by atoms with Crippen molar-refractivity contribution in [1.82, 2.24) is 10.6 Å². The third-order valence-electron chi connectivity index (χ3n) is 4.04. The molecule has 1 heterocycles. The first-order chi connectivity index (χ1) is 10.7. The van der Waals surface area contributed by atoms with Crippen molar-refractivity contribution in [1.29, 1.82) is 0 Å². The summed E-state index contributed by atoms with van der Waals surface area (Å²) >= 11 is 1.88. The van der Waals surface area contributed by atoms with Crippen LogP contribution in [0.3, 0.4) is 0 Å². The van der Waals surface area contributed by atoms with Gasteiger partial charge in [-0.05, 0) is 25.2 Å². The van der Waals surface area contributed by atoms with Gasteiger partial charge in [-0.1, -0.05) is 18.2 Å². The average molecular weight is 325 g/mol. The standard InChI is InChI=1S/C16H24FN3OS/c1-18-15(19-11-13-5-3-4-6-14(13)17)20-12-16(22-2)7-9-21-10-8-16/h3-6H,7-12H2,1-2H3,(H2,18,19,20). The van der Waals surface area contributed by atoms with Crippen molar-refractivity contribution in [3.8, 4) is 0 Å². The fraction of sp³-hybridized carbons (Fsp3) is 0.562. The molecule has 1 aromatic rings. The van der Waals surface area contributed by atoms with Crippen LogP contribution in [-0.4, -0.2) is 43.8 Å². The molecule has 0 aliphatic carbocycles. The normalized spacial score (nSPS) is 18.0. The van der Waals surface area contributed by atoms with E-state index in [1.807, 2.05) is 17.8 Å². The number of rotatable bonds is 5. The van der Waals surface area contributed by atoms with E-state index in [2.05, 4.69) is 21.9 Å². The summed E-state index contributed by atoms with van der Waals surface area (Å²) in [6.45, 7) is 2.86. The molecule has 0 saturated carbocycles. The van der Waals surface area contributed by atoms with Gasteiger partial charge in [0.1, 0.15) is 5.82 Å². The summed E-state index contributed by atoms with van der Waals surface area (Å²) in [5, 5.41) is 6.53. The maximum atomic E-state index is 13.6. The SMILES string of the molecule is CN=C(NCc1ccccc1F)NCC1(SC)CCOCC1. The Kier molecular flexibility index (Phi) is 6.51.